The molecule has 3 nitrogen and oxygen atoms in total. The Bertz CT molecular complexity index is 673. The van der Waals surface area contributed by atoms with Crippen molar-refractivity contribution in [2.24, 2.45) is 0 Å². The number of rotatable bonds is 5. The monoisotopic (exact) mass is 348 g/mol. The molecule has 3 N–H and O–H groups in total. The number of halogens is 1. The smallest absolute Gasteiger partial charge is 0.171 e. The first-order valence-corrected chi connectivity index (χ1v) is 8.42. The van der Waals surface area contributed by atoms with Crippen LogP contribution in [-0.4, -0.2) is 25.8 Å². The van der Waals surface area contributed by atoms with E-state index in [0.717, 1.165) is 21.8 Å². The maximum absolute atomic E-state index is 6.34. The summed E-state index contributed by atoms with van der Waals surface area (Å²) in [6.07, 6.45) is 0. The molecule has 0 amide bonds. The van der Waals surface area contributed by atoms with Crippen LogP contribution in [0.5, 0.6) is 0 Å². The van der Waals surface area contributed by atoms with Crippen molar-refractivity contribution in [3.05, 3.63) is 64.7 Å². The van der Waals surface area contributed by atoms with Gasteiger partial charge in [-0.25, -0.2) is 0 Å². The number of para-hydroxylation sites is 1. The van der Waals surface area contributed by atoms with E-state index in [1.165, 1.54) is 4.90 Å². The van der Waals surface area contributed by atoms with Crippen molar-refractivity contribution in [1.29, 1.82) is 0 Å². The largest absolute Gasteiger partial charge is 0.356 e. The van der Waals surface area contributed by atoms with Crippen LogP contribution < -0.4 is 15.5 Å². The number of aryl methyl sites for hydroxylation is 1. The predicted octanol–water partition coefficient (Wildman–Crippen LogP) is 2.82. The lowest BCUT2D eigenvalue weighted by atomic mass is 10.1. The van der Waals surface area contributed by atoms with Gasteiger partial charge < -0.3 is 15.5 Å². The first-order valence-electron chi connectivity index (χ1n) is 7.64. The molecule has 122 valence electrons. The fourth-order valence-electron chi connectivity index (χ4n) is 2.46. The van der Waals surface area contributed by atoms with E-state index in [1.807, 2.05) is 36.4 Å². The number of anilines is 1. The first kappa shape index (κ1) is 17.7. The van der Waals surface area contributed by atoms with Gasteiger partial charge in [-0.15, -0.1) is 0 Å². The van der Waals surface area contributed by atoms with Crippen molar-refractivity contribution < 1.29 is 4.90 Å². The zero-order chi connectivity index (χ0) is 16.8. The predicted molar refractivity (Wildman–Crippen MR) is 102 cm³/mol. The molecule has 0 saturated heterocycles. The first-order chi connectivity index (χ1) is 11.0. The Hall–Kier alpha value is -1.62. The molecule has 0 saturated carbocycles. The third kappa shape index (κ3) is 4.93. The van der Waals surface area contributed by atoms with Crippen LogP contribution in [0.15, 0.2) is 48.5 Å². The van der Waals surface area contributed by atoms with Crippen LogP contribution in [0, 0.1) is 6.92 Å². The fourth-order valence-corrected chi connectivity index (χ4v) is 2.92. The Morgan fingerprint density at radius 2 is 1.78 bits per heavy atom. The highest BCUT2D eigenvalue weighted by Gasteiger charge is 2.20. The lowest BCUT2D eigenvalue weighted by molar-refractivity contribution is -0.890. The van der Waals surface area contributed by atoms with Crippen LogP contribution in [0.4, 0.5) is 5.69 Å². The van der Waals surface area contributed by atoms with Gasteiger partial charge in [-0.3, -0.25) is 0 Å². The Balaban J connectivity index is 2.01. The van der Waals surface area contributed by atoms with Crippen molar-refractivity contribution >= 4 is 34.6 Å². The molecule has 0 aliphatic carbocycles. The van der Waals surface area contributed by atoms with Crippen molar-refractivity contribution in [3.8, 4) is 0 Å². The average Bonchev–Trinajstić information content (AvgIpc) is 2.51. The molecule has 23 heavy (non-hydrogen) atoms. The van der Waals surface area contributed by atoms with Gasteiger partial charge in [0.05, 0.1) is 20.6 Å². The Morgan fingerprint density at radius 1 is 1.13 bits per heavy atom. The summed E-state index contributed by atoms with van der Waals surface area (Å²) >= 11 is 11.8. The van der Waals surface area contributed by atoms with Crippen LogP contribution in [0.1, 0.15) is 17.2 Å². The number of quaternary nitrogens is 1. The van der Waals surface area contributed by atoms with Crippen molar-refractivity contribution in [2.75, 3.05) is 26.0 Å². The molecule has 5 heteroatoms. The summed E-state index contributed by atoms with van der Waals surface area (Å²) in [7, 11) is 4.24. The standard InChI is InChI=1S/C18H22ClN3S/c1-13-8-4-7-11-16(13)21-18(23)20-12-17(22(2)3)14-9-5-6-10-15(14)19/h4-11,17H,12H2,1-3H3,(H2,20,21,23)/p+1/t17-/m0/s1. The van der Waals surface area contributed by atoms with Gasteiger partial charge in [0.25, 0.3) is 0 Å². The summed E-state index contributed by atoms with van der Waals surface area (Å²) in [5, 5.41) is 7.97. The topological polar surface area (TPSA) is 28.5 Å². The second-order valence-corrected chi connectivity index (χ2v) is 6.62. The molecule has 0 spiro atoms. The molecule has 2 aromatic rings. The van der Waals surface area contributed by atoms with Crippen molar-refractivity contribution in [2.45, 2.75) is 13.0 Å². The molecule has 0 fully saturated rings. The lowest BCUT2D eigenvalue weighted by Crippen LogP contribution is -3.07. The Morgan fingerprint density at radius 3 is 2.43 bits per heavy atom. The number of hydrogen-bond donors (Lipinski definition) is 3. The fraction of sp³-hybridized carbons (Fsp3) is 0.278. The zero-order valence-electron chi connectivity index (χ0n) is 13.7. The highest BCUT2D eigenvalue weighted by molar-refractivity contribution is 7.80. The molecule has 0 unspecified atom stereocenters. The van der Waals surface area contributed by atoms with E-state index in [9.17, 15) is 0 Å². The van der Waals surface area contributed by atoms with Crippen LogP contribution in [-0.2, 0) is 0 Å². The molecule has 0 aliphatic heterocycles. The summed E-state index contributed by atoms with van der Waals surface area (Å²) in [5.74, 6) is 0. The molecule has 0 aromatic heterocycles. The van der Waals surface area contributed by atoms with Gasteiger partial charge in [0.1, 0.15) is 6.04 Å². The normalized spacial score (nSPS) is 12.0. The summed E-state index contributed by atoms with van der Waals surface area (Å²) in [6, 6.07) is 16.3. The molecule has 0 aliphatic rings. The number of thiocarbonyl (C=S) groups is 1. The molecule has 0 radical (unpaired) electrons. The zero-order valence-corrected chi connectivity index (χ0v) is 15.3. The van der Waals surface area contributed by atoms with Gasteiger partial charge in [0.2, 0.25) is 0 Å². The van der Waals surface area contributed by atoms with Crippen LogP contribution in [0.25, 0.3) is 0 Å². The molecule has 1 atom stereocenters. The number of nitrogens with one attached hydrogen (secondary N) is 3. The van der Waals surface area contributed by atoms with E-state index >= 15 is 0 Å². The number of hydrogen-bond acceptors (Lipinski definition) is 1. The molecule has 0 heterocycles. The van der Waals surface area contributed by atoms with Crippen LogP contribution in [0.2, 0.25) is 5.02 Å². The number of benzene rings is 2. The second-order valence-electron chi connectivity index (χ2n) is 5.80. The summed E-state index contributed by atoms with van der Waals surface area (Å²) in [4.78, 5) is 1.30. The summed E-state index contributed by atoms with van der Waals surface area (Å²) in [5.41, 5.74) is 3.31. The molecule has 2 rings (SSSR count). The minimum Gasteiger partial charge on any atom is -0.356 e. The van der Waals surface area contributed by atoms with Gasteiger partial charge in [-0.1, -0.05) is 48.0 Å². The van der Waals surface area contributed by atoms with Gasteiger partial charge in [0.15, 0.2) is 5.11 Å². The van der Waals surface area contributed by atoms with E-state index < -0.39 is 0 Å². The average molecular weight is 349 g/mol. The quantitative estimate of drug-likeness (QED) is 0.726. The van der Waals surface area contributed by atoms with Crippen molar-refractivity contribution in [1.82, 2.24) is 5.32 Å². The van der Waals surface area contributed by atoms with Crippen LogP contribution >= 0.6 is 23.8 Å². The Kier molecular flexibility index (Phi) is 6.39. The Labute approximate surface area is 148 Å². The minimum absolute atomic E-state index is 0.223. The minimum atomic E-state index is 0.223. The van der Waals surface area contributed by atoms with Gasteiger partial charge in [0, 0.05) is 16.3 Å². The van der Waals surface area contributed by atoms with E-state index in [1.54, 1.807) is 0 Å². The lowest BCUT2D eigenvalue weighted by Gasteiger charge is -2.24. The third-order valence-electron chi connectivity index (χ3n) is 3.84. The van der Waals surface area contributed by atoms with E-state index in [-0.39, 0.29) is 6.04 Å². The van der Waals surface area contributed by atoms with E-state index in [0.29, 0.717) is 11.7 Å². The van der Waals surface area contributed by atoms with E-state index in [4.69, 9.17) is 23.8 Å². The second kappa shape index (κ2) is 8.29. The maximum atomic E-state index is 6.34. The highest BCUT2D eigenvalue weighted by Crippen LogP contribution is 2.20. The number of likely N-dealkylation sites (N-methyl/N-ethyl adjacent to an activating group) is 1. The molecule has 0 bridgehead atoms. The van der Waals surface area contributed by atoms with Gasteiger partial charge in [-0.05, 0) is 36.8 Å². The maximum Gasteiger partial charge on any atom is 0.171 e. The molecule has 2 aromatic carbocycles. The summed E-state index contributed by atoms with van der Waals surface area (Å²) < 4.78 is 0. The van der Waals surface area contributed by atoms with Gasteiger partial charge >= 0.3 is 0 Å². The third-order valence-corrected chi connectivity index (χ3v) is 4.43. The van der Waals surface area contributed by atoms with Crippen LogP contribution in [0.3, 0.4) is 0 Å². The van der Waals surface area contributed by atoms with Crippen molar-refractivity contribution in [3.63, 3.8) is 0 Å². The highest BCUT2D eigenvalue weighted by atomic mass is 35.5. The SMILES string of the molecule is Cc1ccccc1NC(=S)NC[C@@H](c1ccccc1Cl)[NH+](C)C. The molecular formula is C18H23ClN3S+. The summed E-state index contributed by atoms with van der Waals surface area (Å²) in [6.45, 7) is 2.77. The molecular weight excluding hydrogens is 326 g/mol. The van der Waals surface area contributed by atoms with Gasteiger partial charge in [-0.2, -0.15) is 0 Å². The van der Waals surface area contributed by atoms with E-state index in [2.05, 4.69) is 43.8 Å².